The van der Waals surface area contributed by atoms with Gasteiger partial charge >= 0.3 is 7.12 Å². The van der Waals surface area contributed by atoms with Crippen molar-refractivity contribution in [1.82, 2.24) is 9.88 Å². The predicted molar refractivity (Wildman–Crippen MR) is 79.0 cm³/mol. The van der Waals surface area contributed by atoms with Gasteiger partial charge in [0, 0.05) is 18.3 Å². The summed E-state index contributed by atoms with van der Waals surface area (Å²) in [5.41, 5.74) is 0.380. The van der Waals surface area contributed by atoms with Crippen molar-refractivity contribution in [2.45, 2.75) is 45.4 Å². The maximum atomic E-state index is 10.4. The Labute approximate surface area is 121 Å². The SMILES string of the molecule is CN(C)Cc1ccnc(B2OC(C)(C)C(C)(C)O2)c1O. The second-order valence-corrected chi connectivity index (χ2v) is 6.53. The van der Waals surface area contributed by atoms with Crippen molar-refractivity contribution < 1.29 is 14.4 Å². The fourth-order valence-electron chi connectivity index (χ4n) is 2.11. The highest BCUT2D eigenvalue weighted by Crippen LogP contribution is 2.37. The van der Waals surface area contributed by atoms with Crippen molar-refractivity contribution in [1.29, 1.82) is 0 Å². The van der Waals surface area contributed by atoms with Gasteiger partial charge in [0.2, 0.25) is 0 Å². The molecule has 1 saturated heterocycles. The van der Waals surface area contributed by atoms with E-state index in [2.05, 4.69) is 4.98 Å². The normalized spacial score (nSPS) is 20.6. The van der Waals surface area contributed by atoms with Crippen LogP contribution in [0.3, 0.4) is 0 Å². The molecular weight excluding hydrogens is 255 g/mol. The molecule has 2 heterocycles. The minimum Gasteiger partial charge on any atom is -0.506 e. The molecule has 1 aromatic rings. The van der Waals surface area contributed by atoms with E-state index in [4.69, 9.17) is 9.31 Å². The van der Waals surface area contributed by atoms with Crippen LogP contribution in [0.25, 0.3) is 0 Å². The number of nitrogens with zero attached hydrogens (tertiary/aromatic N) is 2. The van der Waals surface area contributed by atoms with Crippen molar-refractivity contribution >= 4 is 12.7 Å². The summed E-state index contributed by atoms with van der Waals surface area (Å²) < 4.78 is 11.9. The van der Waals surface area contributed by atoms with Crippen LogP contribution in [0.2, 0.25) is 0 Å². The fraction of sp³-hybridized carbons (Fsp3) is 0.643. The Bertz CT molecular complexity index is 487. The van der Waals surface area contributed by atoms with E-state index in [9.17, 15) is 5.11 Å². The van der Waals surface area contributed by atoms with Gasteiger partial charge in [0.15, 0.2) is 0 Å². The minimum absolute atomic E-state index is 0.153. The van der Waals surface area contributed by atoms with Crippen LogP contribution >= 0.6 is 0 Å². The number of hydrogen-bond acceptors (Lipinski definition) is 5. The third kappa shape index (κ3) is 2.68. The Hall–Kier alpha value is -1.11. The van der Waals surface area contributed by atoms with Gasteiger partial charge in [0.25, 0.3) is 0 Å². The van der Waals surface area contributed by atoms with E-state index in [1.54, 1.807) is 6.20 Å². The van der Waals surface area contributed by atoms with Gasteiger partial charge in [-0.1, -0.05) is 0 Å². The average Bonchev–Trinajstić information content (AvgIpc) is 2.50. The first kappa shape index (κ1) is 15.3. The molecule has 0 bridgehead atoms. The van der Waals surface area contributed by atoms with E-state index in [1.165, 1.54) is 0 Å². The number of hydrogen-bond donors (Lipinski definition) is 1. The smallest absolute Gasteiger partial charge is 0.506 e. The molecule has 20 heavy (non-hydrogen) atoms. The molecule has 0 saturated carbocycles. The fourth-order valence-corrected chi connectivity index (χ4v) is 2.11. The summed E-state index contributed by atoms with van der Waals surface area (Å²) in [6.07, 6.45) is 1.68. The summed E-state index contributed by atoms with van der Waals surface area (Å²) in [7, 11) is 3.27. The maximum Gasteiger partial charge on any atom is 0.518 e. The lowest BCUT2D eigenvalue weighted by atomic mass is 9.82. The Kier molecular flexibility index (Phi) is 3.84. The molecule has 0 aromatic carbocycles. The van der Waals surface area contributed by atoms with E-state index < -0.39 is 18.3 Å². The second-order valence-electron chi connectivity index (χ2n) is 6.53. The summed E-state index contributed by atoms with van der Waals surface area (Å²) in [4.78, 5) is 6.23. The zero-order valence-corrected chi connectivity index (χ0v) is 13.1. The van der Waals surface area contributed by atoms with Crippen LogP contribution in [-0.4, -0.2) is 47.4 Å². The van der Waals surface area contributed by atoms with Crippen molar-refractivity contribution in [3.8, 4) is 5.75 Å². The Morgan fingerprint density at radius 2 is 1.75 bits per heavy atom. The van der Waals surface area contributed by atoms with Crippen LogP contribution < -0.4 is 5.59 Å². The van der Waals surface area contributed by atoms with Crippen LogP contribution in [0.5, 0.6) is 5.75 Å². The van der Waals surface area contributed by atoms with Gasteiger partial charge in [-0.2, -0.15) is 0 Å². The van der Waals surface area contributed by atoms with Crippen LogP contribution in [0.15, 0.2) is 12.3 Å². The number of aromatic nitrogens is 1. The molecule has 110 valence electrons. The van der Waals surface area contributed by atoms with Gasteiger partial charge in [0.05, 0.1) is 11.2 Å². The molecular formula is C14H23BN2O3. The number of rotatable bonds is 3. The second kappa shape index (κ2) is 5.02. The van der Waals surface area contributed by atoms with E-state index in [1.807, 2.05) is 52.8 Å². The molecule has 0 spiro atoms. The molecule has 5 nitrogen and oxygen atoms in total. The largest absolute Gasteiger partial charge is 0.518 e. The van der Waals surface area contributed by atoms with Crippen LogP contribution in [0, 0.1) is 0 Å². The standard InChI is InChI=1S/C14H23BN2O3/c1-13(2)14(3,4)20-15(19-13)12-11(18)10(7-8-16-12)9-17(5)6/h7-8,18H,9H2,1-6H3. The van der Waals surface area contributed by atoms with Gasteiger partial charge in [0.1, 0.15) is 11.3 Å². The highest BCUT2D eigenvalue weighted by Gasteiger charge is 2.53. The van der Waals surface area contributed by atoms with Gasteiger partial charge in [-0.05, 0) is 47.9 Å². The lowest BCUT2D eigenvalue weighted by molar-refractivity contribution is 0.00578. The van der Waals surface area contributed by atoms with Gasteiger partial charge in [-0.3, -0.25) is 4.98 Å². The summed E-state index contributed by atoms with van der Waals surface area (Å²) >= 11 is 0. The summed E-state index contributed by atoms with van der Waals surface area (Å²) in [5, 5.41) is 10.4. The molecule has 0 unspecified atom stereocenters. The zero-order chi connectivity index (χ0) is 15.1. The van der Waals surface area contributed by atoms with Crippen LogP contribution in [0.1, 0.15) is 33.3 Å². The molecule has 1 aliphatic heterocycles. The highest BCUT2D eigenvalue weighted by atomic mass is 16.7. The van der Waals surface area contributed by atoms with Crippen molar-refractivity contribution in [3.63, 3.8) is 0 Å². The van der Waals surface area contributed by atoms with E-state index in [-0.39, 0.29) is 5.75 Å². The van der Waals surface area contributed by atoms with E-state index >= 15 is 0 Å². The summed E-state index contributed by atoms with van der Waals surface area (Å²) in [5.74, 6) is 0.153. The minimum atomic E-state index is -0.637. The number of aromatic hydroxyl groups is 1. The Balaban J connectivity index is 2.31. The first-order valence-electron chi connectivity index (χ1n) is 6.81. The highest BCUT2D eigenvalue weighted by molar-refractivity contribution is 6.62. The summed E-state index contributed by atoms with van der Waals surface area (Å²) in [6.45, 7) is 8.56. The van der Waals surface area contributed by atoms with Gasteiger partial charge in [-0.25, -0.2) is 0 Å². The molecule has 0 amide bonds. The van der Waals surface area contributed by atoms with Crippen molar-refractivity contribution in [2.75, 3.05) is 14.1 Å². The predicted octanol–water partition coefficient (Wildman–Crippen LogP) is 1.15. The Morgan fingerprint density at radius 3 is 2.25 bits per heavy atom. The first-order valence-corrected chi connectivity index (χ1v) is 6.81. The van der Waals surface area contributed by atoms with Gasteiger partial charge in [-0.15, -0.1) is 0 Å². The quantitative estimate of drug-likeness (QED) is 0.840. The molecule has 0 radical (unpaired) electrons. The third-order valence-corrected chi connectivity index (χ3v) is 4.00. The molecule has 1 aromatic heterocycles. The zero-order valence-electron chi connectivity index (χ0n) is 13.1. The van der Waals surface area contributed by atoms with Crippen molar-refractivity contribution in [3.05, 3.63) is 17.8 Å². The topological polar surface area (TPSA) is 54.8 Å². The monoisotopic (exact) mass is 278 g/mol. The molecule has 1 N–H and O–H groups in total. The molecule has 2 rings (SSSR count). The molecule has 1 fully saturated rings. The lowest BCUT2D eigenvalue weighted by Gasteiger charge is -2.32. The average molecular weight is 278 g/mol. The third-order valence-electron chi connectivity index (χ3n) is 4.00. The molecule has 1 aliphatic rings. The summed E-state index contributed by atoms with van der Waals surface area (Å²) in [6, 6.07) is 1.81. The molecule has 0 aliphatic carbocycles. The van der Waals surface area contributed by atoms with Crippen LogP contribution in [-0.2, 0) is 15.9 Å². The van der Waals surface area contributed by atoms with E-state index in [0.717, 1.165) is 5.56 Å². The first-order chi connectivity index (χ1) is 9.14. The van der Waals surface area contributed by atoms with Gasteiger partial charge < -0.3 is 19.3 Å². The lowest BCUT2D eigenvalue weighted by Crippen LogP contribution is -2.41. The maximum absolute atomic E-state index is 10.4. The Morgan fingerprint density at radius 1 is 1.20 bits per heavy atom. The molecule has 6 heteroatoms. The molecule has 0 atom stereocenters. The number of pyridine rings is 1. The van der Waals surface area contributed by atoms with Crippen LogP contribution in [0.4, 0.5) is 0 Å². The van der Waals surface area contributed by atoms with Crippen molar-refractivity contribution in [2.24, 2.45) is 0 Å². The van der Waals surface area contributed by atoms with E-state index in [0.29, 0.717) is 12.1 Å².